The normalized spacial score (nSPS) is 30.8. The molecule has 2 aliphatic rings. The molecule has 112 valence electrons. The molecule has 0 aromatic carbocycles. The molecule has 0 radical (unpaired) electrons. The Kier molecular flexibility index (Phi) is 5.51. The Balaban J connectivity index is 1.46. The zero-order valence-corrected chi connectivity index (χ0v) is 14.1. The molecular weight excluding hydrogens is 336 g/mol. The number of ether oxygens (including phenoxy) is 1. The van der Waals surface area contributed by atoms with Crippen LogP contribution in [-0.4, -0.2) is 38.4 Å². The molecule has 1 aromatic rings. The van der Waals surface area contributed by atoms with Crippen LogP contribution in [0.4, 0.5) is 0 Å². The summed E-state index contributed by atoms with van der Waals surface area (Å²) in [5, 5.41) is 7.42. The molecule has 3 rings (SSSR count). The fourth-order valence-electron chi connectivity index (χ4n) is 3.45. The smallest absolute Gasteiger partial charge is 0.0701 e. The summed E-state index contributed by atoms with van der Waals surface area (Å²) in [6.45, 7) is 3.86. The molecule has 1 aromatic heterocycles. The molecule has 2 N–H and O–H groups in total. The van der Waals surface area contributed by atoms with Crippen molar-refractivity contribution in [2.75, 3.05) is 26.3 Å². The van der Waals surface area contributed by atoms with E-state index in [4.69, 9.17) is 4.74 Å². The van der Waals surface area contributed by atoms with E-state index in [1.807, 2.05) is 11.3 Å². The van der Waals surface area contributed by atoms with Crippen LogP contribution >= 0.6 is 27.3 Å². The van der Waals surface area contributed by atoms with Gasteiger partial charge >= 0.3 is 0 Å². The monoisotopic (exact) mass is 358 g/mol. The number of thiophene rings is 1. The van der Waals surface area contributed by atoms with Gasteiger partial charge in [-0.15, -0.1) is 11.3 Å². The molecule has 5 heteroatoms. The molecule has 3 atom stereocenters. The summed E-state index contributed by atoms with van der Waals surface area (Å²) in [6.07, 6.45) is 5.14. The molecule has 20 heavy (non-hydrogen) atoms. The first-order valence-electron chi connectivity index (χ1n) is 7.61. The van der Waals surface area contributed by atoms with E-state index in [-0.39, 0.29) is 0 Å². The van der Waals surface area contributed by atoms with Crippen molar-refractivity contribution in [2.24, 2.45) is 5.92 Å². The molecule has 1 aliphatic carbocycles. The lowest BCUT2D eigenvalue weighted by Gasteiger charge is -2.33. The quantitative estimate of drug-likeness (QED) is 0.848. The number of halogens is 1. The zero-order valence-electron chi connectivity index (χ0n) is 11.7. The maximum Gasteiger partial charge on any atom is 0.0701 e. The Morgan fingerprint density at radius 1 is 1.40 bits per heavy atom. The van der Waals surface area contributed by atoms with Gasteiger partial charge in [-0.2, -0.15) is 0 Å². The highest BCUT2D eigenvalue weighted by Gasteiger charge is 2.34. The van der Waals surface area contributed by atoms with Gasteiger partial charge in [0.2, 0.25) is 0 Å². The van der Waals surface area contributed by atoms with Crippen LogP contribution in [0.5, 0.6) is 0 Å². The molecule has 3 nitrogen and oxygen atoms in total. The van der Waals surface area contributed by atoms with Gasteiger partial charge in [0.25, 0.3) is 0 Å². The first-order valence-corrected chi connectivity index (χ1v) is 9.22. The van der Waals surface area contributed by atoms with E-state index >= 15 is 0 Å². The minimum absolute atomic E-state index is 0.555. The average molecular weight is 359 g/mol. The van der Waals surface area contributed by atoms with Crippen molar-refractivity contribution in [2.45, 2.75) is 37.8 Å². The third kappa shape index (κ3) is 3.83. The lowest BCUT2D eigenvalue weighted by atomic mass is 9.94. The summed E-state index contributed by atoms with van der Waals surface area (Å²) in [4.78, 5) is 1.46. The Morgan fingerprint density at radius 3 is 3.10 bits per heavy atom. The van der Waals surface area contributed by atoms with E-state index in [0.29, 0.717) is 12.1 Å². The molecule has 3 unspecified atom stereocenters. The van der Waals surface area contributed by atoms with E-state index in [1.54, 1.807) is 0 Å². The maximum atomic E-state index is 5.63. The second-order valence-corrected chi connectivity index (χ2v) is 8.29. The van der Waals surface area contributed by atoms with Crippen LogP contribution in [0.3, 0.4) is 0 Å². The van der Waals surface area contributed by atoms with E-state index in [2.05, 4.69) is 38.7 Å². The molecule has 1 aliphatic heterocycles. The van der Waals surface area contributed by atoms with Crippen molar-refractivity contribution in [1.29, 1.82) is 0 Å². The van der Waals surface area contributed by atoms with Gasteiger partial charge in [-0.05, 0) is 53.2 Å². The maximum absolute atomic E-state index is 5.63. The summed E-state index contributed by atoms with van der Waals surface area (Å²) in [7, 11) is 0. The second-order valence-electron chi connectivity index (χ2n) is 5.75. The fraction of sp³-hybridized carbons (Fsp3) is 0.733. The van der Waals surface area contributed by atoms with E-state index < -0.39 is 0 Å². The number of hydrogen-bond acceptors (Lipinski definition) is 4. The predicted molar refractivity (Wildman–Crippen MR) is 87.5 cm³/mol. The minimum Gasteiger partial charge on any atom is -0.379 e. The molecular formula is C15H23BrN2OS. The van der Waals surface area contributed by atoms with Crippen LogP contribution in [0.1, 0.15) is 24.1 Å². The zero-order chi connectivity index (χ0) is 13.8. The van der Waals surface area contributed by atoms with Crippen LogP contribution in [-0.2, 0) is 11.2 Å². The second kappa shape index (κ2) is 7.36. The van der Waals surface area contributed by atoms with Gasteiger partial charge in [0.1, 0.15) is 0 Å². The third-order valence-corrected chi connectivity index (χ3v) is 6.13. The Morgan fingerprint density at radius 2 is 2.35 bits per heavy atom. The van der Waals surface area contributed by atoms with Crippen LogP contribution in [0.2, 0.25) is 0 Å². The number of morpholine rings is 1. The summed E-state index contributed by atoms with van der Waals surface area (Å²) in [5.41, 5.74) is 0. The van der Waals surface area contributed by atoms with Gasteiger partial charge in [0, 0.05) is 30.1 Å². The Bertz CT molecular complexity index is 420. The summed E-state index contributed by atoms with van der Waals surface area (Å²) < 4.78 is 6.86. The molecule has 1 saturated carbocycles. The molecule has 1 saturated heterocycles. The van der Waals surface area contributed by atoms with Gasteiger partial charge < -0.3 is 15.4 Å². The van der Waals surface area contributed by atoms with Crippen molar-refractivity contribution in [3.8, 4) is 0 Å². The largest absolute Gasteiger partial charge is 0.379 e. The summed E-state index contributed by atoms with van der Waals surface area (Å²) in [6, 6.07) is 5.58. The SMILES string of the molecule is Brc1ccc(CCNC2CCCC2C2COCCN2)s1. The first-order chi connectivity index (χ1) is 9.83. The van der Waals surface area contributed by atoms with Crippen molar-refractivity contribution in [1.82, 2.24) is 10.6 Å². The Hall–Kier alpha value is 0.0600. The minimum atomic E-state index is 0.555. The predicted octanol–water partition coefficient (Wildman–Crippen LogP) is 2.80. The molecule has 0 spiro atoms. The van der Waals surface area contributed by atoms with E-state index in [1.165, 1.54) is 27.9 Å². The lowest BCUT2D eigenvalue weighted by molar-refractivity contribution is 0.0526. The number of nitrogens with one attached hydrogen (secondary N) is 2. The summed E-state index contributed by atoms with van der Waals surface area (Å²) in [5.74, 6) is 0.741. The highest BCUT2D eigenvalue weighted by molar-refractivity contribution is 9.11. The first kappa shape index (κ1) is 15.0. The third-order valence-electron chi connectivity index (χ3n) is 4.44. The Labute approximate surface area is 133 Å². The van der Waals surface area contributed by atoms with E-state index in [9.17, 15) is 0 Å². The van der Waals surface area contributed by atoms with Gasteiger partial charge in [-0.1, -0.05) is 6.42 Å². The van der Waals surface area contributed by atoms with Gasteiger partial charge in [0.15, 0.2) is 0 Å². The van der Waals surface area contributed by atoms with Crippen LogP contribution in [0, 0.1) is 5.92 Å². The highest BCUT2D eigenvalue weighted by atomic mass is 79.9. The van der Waals surface area contributed by atoms with E-state index in [0.717, 1.165) is 38.6 Å². The van der Waals surface area contributed by atoms with Crippen molar-refractivity contribution in [3.05, 3.63) is 20.8 Å². The van der Waals surface area contributed by atoms with Crippen LogP contribution in [0.25, 0.3) is 0 Å². The lowest BCUT2D eigenvalue weighted by Crippen LogP contribution is -2.51. The van der Waals surface area contributed by atoms with Crippen molar-refractivity contribution >= 4 is 27.3 Å². The number of hydrogen-bond donors (Lipinski definition) is 2. The van der Waals surface area contributed by atoms with Gasteiger partial charge in [-0.3, -0.25) is 0 Å². The molecule has 0 bridgehead atoms. The highest BCUT2D eigenvalue weighted by Crippen LogP contribution is 2.29. The van der Waals surface area contributed by atoms with Crippen LogP contribution in [0.15, 0.2) is 15.9 Å². The van der Waals surface area contributed by atoms with Crippen molar-refractivity contribution in [3.63, 3.8) is 0 Å². The fourth-order valence-corrected chi connectivity index (χ4v) is 4.93. The molecule has 2 heterocycles. The van der Waals surface area contributed by atoms with Crippen LogP contribution < -0.4 is 10.6 Å². The van der Waals surface area contributed by atoms with Crippen molar-refractivity contribution < 1.29 is 4.74 Å². The van der Waals surface area contributed by atoms with Gasteiger partial charge in [-0.25, -0.2) is 0 Å². The standard InChI is InChI=1S/C15H23BrN2OS/c16-15-5-4-11(20-15)6-7-17-13-3-1-2-12(13)14-10-19-9-8-18-14/h4-5,12-14,17-18H,1-3,6-10H2. The topological polar surface area (TPSA) is 33.3 Å². The molecule has 0 amide bonds. The summed E-state index contributed by atoms with van der Waals surface area (Å²) >= 11 is 5.37. The number of rotatable bonds is 5. The van der Waals surface area contributed by atoms with Gasteiger partial charge in [0.05, 0.1) is 17.0 Å². The molecule has 2 fully saturated rings. The average Bonchev–Trinajstić information content (AvgIpc) is 3.09.